The van der Waals surface area contributed by atoms with E-state index in [0.717, 1.165) is 12.1 Å². The SMILES string of the molecule is Cc1cc(C(=O)O)c(O)c([C@@H](N)C(F)(F)CO)c1.Cl. The van der Waals surface area contributed by atoms with Crippen LogP contribution in [0.1, 0.15) is 27.5 Å². The Kier molecular flexibility index (Phi) is 5.67. The van der Waals surface area contributed by atoms with Crippen molar-refractivity contribution in [2.24, 2.45) is 5.73 Å². The summed E-state index contributed by atoms with van der Waals surface area (Å²) in [5.41, 5.74) is 4.71. The molecule has 0 spiro atoms. The zero-order valence-electron chi connectivity index (χ0n) is 9.93. The maximum Gasteiger partial charge on any atom is 0.339 e. The fourth-order valence-electron chi connectivity index (χ4n) is 1.53. The van der Waals surface area contributed by atoms with Gasteiger partial charge in [0.25, 0.3) is 5.92 Å². The Morgan fingerprint density at radius 1 is 1.47 bits per heavy atom. The van der Waals surface area contributed by atoms with Crippen LogP contribution < -0.4 is 5.73 Å². The van der Waals surface area contributed by atoms with E-state index >= 15 is 0 Å². The van der Waals surface area contributed by atoms with Crippen molar-refractivity contribution >= 4 is 18.4 Å². The first-order valence-electron chi connectivity index (χ1n) is 5.01. The number of alkyl halides is 2. The van der Waals surface area contributed by atoms with Gasteiger partial charge in [0.1, 0.15) is 24.0 Å². The summed E-state index contributed by atoms with van der Waals surface area (Å²) < 4.78 is 26.5. The molecule has 1 aromatic rings. The summed E-state index contributed by atoms with van der Waals surface area (Å²) in [7, 11) is 0. The highest BCUT2D eigenvalue weighted by molar-refractivity contribution is 5.91. The lowest BCUT2D eigenvalue weighted by molar-refractivity contribution is -0.0716. The van der Waals surface area contributed by atoms with Crippen molar-refractivity contribution in [2.45, 2.75) is 18.9 Å². The van der Waals surface area contributed by atoms with Crippen molar-refractivity contribution in [2.75, 3.05) is 6.61 Å². The van der Waals surface area contributed by atoms with Crippen LogP contribution >= 0.6 is 12.4 Å². The molecule has 1 rings (SSSR count). The van der Waals surface area contributed by atoms with Gasteiger partial charge in [-0.1, -0.05) is 6.07 Å². The number of carbonyl (C=O) groups is 1. The number of aromatic hydroxyl groups is 1. The molecule has 0 aliphatic rings. The molecule has 0 radical (unpaired) electrons. The minimum atomic E-state index is -3.65. The van der Waals surface area contributed by atoms with Gasteiger partial charge in [-0.3, -0.25) is 0 Å². The lowest BCUT2D eigenvalue weighted by Gasteiger charge is -2.23. The van der Waals surface area contributed by atoms with Gasteiger partial charge < -0.3 is 21.1 Å². The number of phenols is 1. The van der Waals surface area contributed by atoms with Gasteiger partial charge in [0, 0.05) is 5.56 Å². The number of carboxylic acid groups (broad SMARTS) is 1. The van der Waals surface area contributed by atoms with Crippen LogP contribution in [0.15, 0.2) is 12.1 Å². The Labute approximate surface area is 114 Å². The number of benzene rings is 1. The number of carboxylic acids is 1. The minimum absolute atomic E-state index is 0. The molecular weight excluding hydrogens is 284 g/mol. The second kappa shape index (κ2) is 6.14. The summed E-state index contributed by atoms with van der Waals surface area (Å²) in [5, 5.41) is 27.0. The fourth-order valence-corrected chi connectivity index (χ4v) is 1.53. The van der Waals surface area contributed by atoms with Crippen molar-refractivity contribution in [1.82, 2.24) is 0 Å². The largest absolute Gasteiger partial charge is 0.507 e. The second-order valence-electron chi connectivity index (χ2n) is 3.95. The molecule has 19 heavy (non-hydrogen) atoms. The third-order valence-corrected chi connectivity index (χ3v) is 2.52. The van der Waals surface area contributed by atoms with Crippen LogP contribution in [0.5, 0.6) is 5.75 Å². The molecule has 1 aromatic carbocycles. The molecule has 0 bridgehead atoms. The standard InChI is InChI=1S/C11H13F2NO4.ClH/c1-5-2-6(9(14)11(12,13)4-15)8(16)7(3-5)10(17)18;/h2-3,9,15-16H,4,14H2,1H3,(H,17,18);1H/t9-;/m1./s1. The number of rotatable bonds is 4. The monoisotopic (exact) mass is 297 g/mol. The van der Waals surface area contributed by atoms with Gasteiger partial charge in [0.15, 0.2) is 0 Å². The van der Waals surface area contributed by atoms with E-state index in [0.29, 0.717) is 5.56 Å². The lowest BCUT2D eigenvalue weighted by atomic mass is 9.96. The van der Waals surface area contributed by atoms with Gasteiger partial charge in [-0.15, -0.1) is 12.4 Å². The highest BCUT2D eigenvalue weighted by Crippen LogP contribution is 2.36. The van der Waals surface area contributed by atoms with E-state index in [1.807, 2.05) is 0 Å². The molecule has 5 nitrogen and oxygen atoms in total. The molecule has 0 saturated heterocycles. The van der Waals surface area contributed by atoms with Crippen LogP contribution in [0, 0.1) is 6.92 Å². The smallest absolute Gasteiger partial charge is 0.339 e. The van der Waals surface area contributed by atoms with Gasteiger partial charge >= 0.3 is 5.97 Å². The van der Waals surface area contributed by atoms with E-state index in [2.05, 4.69) is 0 Å². The van der Waals surface area contributed by atoms with Crippen LogP contribution in [-0.2, 0) is 0 Å². The summed E-state index contributed by atoms with van der Waals surface area (Å²) in [6.45, 7) is -0.0108. The predicted octanol–water partition coefficient (Wildman–Crippen LogP) is 1.45. The first-order valence-corrected chi connectivity index (χ1v) is 5.01. The van der Waals surface area contributed by atoms with Crippen LogP contribution in [0.25, 0.3) is 0 Å². The van der Waals surface area contributed by atoms with E-state index in [9.17, 15) is 18.7 Å². The summed E-state index contributed by atoms with van der Waals surface area (Å²) in [6.07, 6.45) is 0. The third kappa shape index (κ3) is 3.52. The molecule has 0 aliphatic heterocycles. The first kappa shape index (κ1) is 17.6. The Morgan fingerprint density at radius 2 is 2.00 bits per heavy atom. The molecule has 0 aromatic heterocycles. The van der Waals surface area contributed by atoms with Gasteiger partial charge in [-0.2, -0.15) is 0 Å². The third-order valence-electron chi connectivity index (χ3n) is 2.52. The second-order valence-corrected chi connectivity index (χ2v) is 3.95. The first-order chi connectivity index (χ1) is 8.20. The highest BCUT2D eigenvalue weighted by Gasteiger charge is 2.39. The van der Waals surface area contributed by atoms with E-state index in [1.165, 1.54) is 6.92 Å². The number of nitrogens with two attached hydrogens (primary N) is 1. The van der Waals surface area contributed by atoms with E-state index < -0.39 is 41.4 Å². The Bertz CT molecular complexity index is 482. The van der Waals surface area contributed by atoms with E-state index in [4.69, 9.17) is 15.9 Å². The van der Waals surface area contributed by atoms with E-state index in [-0.39, 0.29) is 12.4 Å². The van der Waals surface area contributed by atoms with Gasteiger partial charge in [-0.25, -0.2) is 13.6 Å². The van der Waals surface area contributed by atoms with Crippen molar-refractivity contribution < 1.29 is 28.9 Å². The number of hydrogen-bond acceptors (Lipinski definition) is 4. The number of hydrogen-bond donors (Lipinski definition) is 4. The normalized spacial score (nSPS) is 12.7. The zero-order valence-corrected chi connectivity index (χ0v) is 10.7. The predicted molar refractivity (Wildman–Crippen MR) is 66.0 cm³/mol. The lowest BCUT2D eigenvalue weighted by Crippen LogP contribution is -2.36. The fraction of sp³-hybridized carbons (Fsp3) is 0.364. The van der Waals surface area contributed by atoms with Crippen LogP contribution in [0.4, 0.5) is 8.78 Å². The topological polar surface area (TPSA) is 104 Å². The summed E-state index contributed by atoms with van der Waals surface area (Å²) >= 11 is 0. The molecule has 108 valence electrons. The Balaban J connectivity index is 0.00000324. The summed E-state index contributed by atoms with van der Waals surface area (Å²) in [4.78, 5) is 10.8. The van der Waals surface area contributed by atoms with Crippen molar-refractivity contribution in [1.29, 1.82) is 0 Å². The Hall–Kier alpha value is -1.44. The average molecular weight is 298 g/mol. The van der Waals surface area contributed by atoms with Gasteiger partial charge in [-0.05, 0) is 18.6 Å². The number of aliphatic hydroxyl groups is 1. The maximum atomic E-state index is 13.2. The zero-order chi connectivity index (χ0) is 14.1. The molecule has 0 unspecified atom stereocenters. The molecule has 0 saturated carbocycles. The number of halogens is 3. The molecule has 0 fully saturated rings. The van der Waals surface area contributed by atoms with Crippen LogP contribution in [0.2, 0.25) is 0 Å². The minimum Gasteiger partial charge on any atom is -0.507 e. The number of aromatic carboxylic acids is 1. The van der Waals surface area contributed by atoms with Gasteiger partial charge in [0.2, 0.25) is 0 Å². The quantitative estimate of drug-likeness (QED) is 0.673. The average Bonchev–Trinajstić information content (AvgIpc) is 2.30. The molecular formula is C11H14ClF2NO4. The number of aliphatic hydroxyl groups excluding tert-OH is 1. The van der Waals surface area contributed by atoms with Crippen molar-refractivity contribution in [3.8, 4) is 5.75 Å². The van der Waals surface area contributed by atoms with Crippen molar-refractivity contribution in [3.63, 3.8) is 0 Å². The summed E-state index contributed by atoms with van der Waals surface area (Å²) in [5.74, 6) is -5.91. The molecule has 0 amide bonds. The number of aryl methyl sites for hydroxylation is 1. The molecule has 5 N–H and O–H groups in total. The maximum absolute atomic E-state index is 13.2. The molecule has 0 aliphatic carbocycles. The molecule has 1 atom stereocenters. The Morgan fingerprint density at radius 3 is 2.42 bits per heavy atom. The van der Waals surface area contributed by atoms with Crippen molar-refractivity contribution in [3.05, 3.63) is 28.8 Å². The molecule has 0 heterocycles. The van der Waals surface area contributed by atoms with Gasteiger partial charge in [0.05, 0.1) is 0 Å². The summed E-state index contributed by atoms with van der Waals surface area (Å²) in [6, 6.07) is 0.321. The van der Waals surface area contributed by atoms with Crippen LogP contribution in [0.3, 0.4) is 0 Å². The highest BCUT2D eigenvalue weighted by atomic mass is 35.5. The van der Waals surface area contributed by atoms with E-state index in [1.54, 1.807) is 0 Å². The molecule has 8 heteroatoms. The van der Waals surface area contributed by atoms with Crippen LogP contribution in [-0.4, -0.2) is 33.8 Å².